The number of hydrogen-bond acceptors (Lipinski definition) is 4. The van der Waals surface area contributed by atoms with Gasteiger partial charge in [0.05, 0.1) is 11.2 Å². The molecule has 0 spiro atoms. The van der Waals surface area contributed by atoms with E-state index < -0.39 is 23.1 Å². The minimum atomic E-state index is -4.51. The van der Waals surface area contributed by atoms with Gasteiger partial charge in [-0.2, -0.15) is 13.2 Å². The topological polar surface area (TPSA) is 69.6 Å². The molecule has 2 N–H and O–H groups in total. The second-order valence-electron chi connectivity index (χ2n) is 10.8. The Morgan fingerprint density at radius 3 is 2.35 bits per heavy atom. The van der Waals surface area contributed by atoms with E-state index in [0.29, 0.717) is 6.04 Å². The van der Waals surface area contributed by atoms with Crippen LogP contribution in [0.15, 0.2) is 54.6 Å². The Kier molecular flexibility index (Phi) is 7.16. The van der Waals surface area contributed by atoms with Crippen LogP contribution < -0.4 is 5.32 Å². The van der Waals surface area contributed by atoms with E-state index in [1.165, 1.54) is 12.1 Å². The van der Waals surface area contributed by atoms with Crippen molar-refractivity contribution in [3.63, 3.8) is 0 Å². The average Bonchev–Trinajstić information content (AvgIpc) is 3.39. The summed E-state index contributed by atoms with van der Waals surface area (Å²) in [4.78, 5) is 27.3. The molecule has 2 saturated carbocycles. The van der Waals surface area contributed by atoms with E-state index in [0.717, 1.165) is 62.9 Å². The summed E-state index contributed by atoms with van der Waals surface area (Å²) in [5, 5.41) is 14.7. The highest BCUT2D eigenvalue weighted by Crippen LogP contribution is 2.56. The maximum Gasteiger partial charge on any atom is 0.416 e. The minimum absolute atomic E-state index is 0.0104. The van der Waals surface area contributed by atoms with Crippen molar-refractivity contribution < 1.29 is 27.9 Å². The number of rotatable bonds is 7. The molecule has 2 unspecified atom stereocenters. The Morgan fingerprint density at radius 2 is 1.68 bits per heavy atom. The number of amides is 1. The van der Waals surface area contributed by atoms with Gasteiger partial charge in [-0.1, -0.05) is 42.5 Å². The zero-order valence-corrected chi connectivity index (χ0v) is 20.7. The molecule has 5 nitrogen and oxygen atoms in total. The predicted molar refractivity (Wildman–Crippen MR) is 133 cm³/mol. The number of hydrogen-bond donors (Lipinski definition) is 2. The number of carbonyl (C=O) groups is 2. The van der Waals surface area contributed by atoms with Crippen molar-refractivity contribution in [1.29, 1.82) is 0 Å². The summed E-state index contributed by atoms with van der Waals surface area (Å²) in [7, 11) is 0. The molecule has 2 aliphatic carbocycles. The Hall–Kier alpha value is -2.71. The SMILES string of the molecule is O=C(CCC(=O)c1cccc(C(F)(F)F)c1)N[C@@H]1CCN(C2CC3CCC(C2)C3(O)c2ccccc2)C1. The van der Waals surface area contributed by atoms with Crippen molar-refractivity contribution in [3.8, 4) is 0 Å². The van der Waals surface area contributed by atoms with Crippen LogP contribution in [0.1, 0.15) is 66.4 Å². The van der Waals surface area contributed by atoms with Crippen LogP contribution in [0.25, 0.3) is 0 Å². The van der Waals surface area contributed by atoms with E-state index >= 15 is 0 Å². The van der Waals surface area contributed by atoms with Crippen LogP contribution in [0.5, 0.6) is 0 Å². The van der Waals surface area contributed by atoms with Crippen LogP contribution in [-0.4, -0.2) is 46.9 Å². The van der Waals surface area contributed by atoms with Gasteiger partial charge in [-0.3, -0.25) is 14.5 Å². The first-order valence-electron chi connectivity index (χ1n) is 13.2. The molecular formula is C29H33F3N2O3. The van der Waals surface area contributed by atoms with Gasteiger partial charge in [0.15, 0.2) is 5.78 Å². The number of halogens is 3. The normalized spacial score (nSPS) is 29.8. The molecule has 1 aliphatic heterocycles. The van der Waals surface area contributed by atoms with Crippen molar-refractivity contribution in [1.82, 2.24) is 10.2 Å². The van der Waals surface area contributed by atoms with Crippen LogP contribution >= 0.6 is 0 Å². The third kappa shape index (κ3) is 5.32. The lowest BCUT2D eigenvalue weighted by Crippen LogP contribution is -2.49. The number of ketones is 1. The van der Waals surface area contributed by atoms with E-state index in [2.05, 4.69) is 10.2 Å². The summed E-state index contributed by atoms with van der Waals surface area (Å²) >= 11 is 0. The zero-order valence-electron chi connectivity index (χ0n) is 20.7. The quantitative estimate of drug-likeness (QED) is 0.514. The molecule has 37 heavy (non-hydrogen) atoms. The number of nitrogens with zero attached hydrogens (tertiary/aromatic N) is 1. The third-order valence-corrected chi connectivity index (χ3v) is 8.65. The molecule has 3 atom stereocenters. The number of nitrogens with one attached hydrogen (secondary N) is 1. The predicted octanol–water partition coefficient (Wildman–Crippen LogP) is 4.94. The standard InChI is InChI=1S/C29H33F3N2O3/c30-29(31,32)23-8-4-5-19(15-23)26(35)11-12-27(36)33-24-13-14-34(18-24)25-16-21-9-10-22(17-25)28(21,37)20-6-2-1-3-7-20/h1-8,15,21-22,24-25,37H,9-14,16-18H2,(H,33,36)/t21?,22?,24-,25?,28?/m1/s1. The number of benzene rings is 2. The second kappa shape index (κ2) is 10.2. The van der Waals surface area contributed by atoms with Crippen molar-refractivity contribution in [2.45, 2.75) is 68.8 Å². The van der Waals surface area contributed by atoms with E-state index in [1.807, 2.05) is 30.3 Å². The van der Waals surface area contributed by atoms with E-state index in [9.17, 15) is 27.9 Å². The molecule has 0 radical (unpaired) electrons. The summed E-state index contributed by atoms with van der Waals surface area (Å²) in [5.74, 6) is -0.268. The first-order valence-corrected chi connectivity index (χ1v) is 13.2. The van der Waals surface area contributed by atoms with Gasteiger partial charge in [-0.15, -0.1) is 0 Å². The number of Topliss-reactive ketones (excluding diaryl/α,β-unsaturated/α-hetero) is 1. The van der Waals surface area contributed by atoms with Crippen LogP contribution in [0.4, 0.5) is 13.2 Å². The molecule has 198 valence electrons. The van der Waals surface area contributed by atoms with Crippen molar-refractivity contribution in [2.75, 3.05) is 13.1 Å². The molecular weight excluding hydrogens is 481 g/mol. The molecule has 1 amide bonds. The van der Waals surface area contributed by atoms with Crippen LogP contribution in [0, 0.1) is 11.8 Å². The lowest BCUT2D eigenvalue weighted by molar-refractivity contribution is -0.137. The maximum atomic E-state index is 12.9. The monoisotopic (exact) mass is 514 g/mol. The number of carbonyl (C=O) groups excluding carboxylic acids is 2. The number of aliphatic hydroxyl groups is 1. The molecule has 5 rings (SSSR count). The molecule has 0 aromatic heterocycles. The van der Waals surface area contributed by atoms with Crippen LogP contribution in [-0.2, 0) is 16.6 Å². The maximum absolute atomic E-state index is 12.9. The van der Waals surface area contributed by atoms with Crippen LogP contribution in [0.2, 0.25) is 0 Å². The van der Waals surface area contributed by atoms with Gasteiger partial charge >= 0.3 is 6.18 Å². The molecule has 2 aromatic carbocycles. The summed E-state index contributed by atoms with van der Waals surface area (Å²) in [6, 6.07) is 14.7. The minimum Gasteiger partial charge on any atom is -0.385 e. The third-order valence-electron chi connectivity index (χ3n) is 8.65. The zero-order chi connectivity index (χ0) is 26.2. The summed E-state index contributed by atoms with van der Waals surface area (Å²) < 4.78 is 38.7. The van der Waals surface area contributed by atoms with Gasteiger partial charge in [0.2, 0.25) is 5.91 Å². The van der Waals surface area contributed by atoms with E-state index in [1.54, 1.807) is 0 Å². The summed E-state index contributed by atoms with van der Waals surface area (Å²) in [6.07, 6.45) is 0.0577. The van der Waals surface area contributed by atoms with Gasteiger partial charge in [0.25, 0.3) is 0 Å². The van der Waals surface area contributed by atoms with Crippen molar-refractivity contribution in [3.05, 3.63) is 71.3 Å². The Bertz CT molecular complexity index is 1120. The highest BCUT2D eigenvalue weighted by Gasteiger charge is 2.55. The Labute approximate surface area is 215 Å². The Balaban J connectivity index is 1.11. The van der Waals surface area contributed by atoms with E-state index in [4.69, 9.17) is 0 Å². The summed E-state index contributed by atoms with van der Waals surface area (Å²) in [6.45, 7) is 1.61. The molecule has 8 heteroatoms. The van der Waals surface area contributed by atoms with Gasteiger partial charge in [-0.25, -0.2) is 0 Å². The van der Waals surface area contributed by atoms with Gasteiger partial charge in [0, 0.05) is 43.6 Å². The largest absolute Gasteiger partial charge is 0.416 e. The number of fused-ring (bicyclic) bond motifs is 2. The van der Waals surface area contributed by atoms with Crippen LogP contribution in [0.3, 0.4) is 0 Å². The fourth-order valence-corrected chi connectivity index (χ4v) is 6.78. The van der Waals surface area contributed by atoms with E-state index in [-0.39, 0.29) is 42.2 Å². The van der Waals surface area contributed by atoms with Gasteiger partial charge in [-0.05, 0) is 61.6 Å². The molecule has 3 aliphatic rings. The Morgan fingerprint density at radius 1 is 0.973 bits per heavy atom. The average molecular weight is 515 g/mol. The highest BCUT2D eigenvalue weighted by molar-refractivity contribution is 5.98. The van der Waals surface area contributed by atoms with Crippen molar-refractivity contribution >= 4 is 11.7 Å². The van der Waals surface area contributed by atoms with Gasteiger partial charge in [0.1, 0.15) is 0 Å². The fourth-order valence-electron chi connectivity index (χ4n) is 6.78. The first-order chi connectivity index (χ1) is 17.6. The number of alkyl halides is 3. The second-order valence-corrected chi connectivity index (χ2v) is 10.8. The first kappa shape index (κ1) is 25.9. The summed E-state index contributed by atoms with van der Waals surface area (Å²) in [5.41, 5.74) is -0.631. The van der Waals surface area contributed by atoms with Gasteiger partial charge < -0.3 is 10.4 Å². The molecule has 1 saturated heterocycles. The molecule has 3 fully saturated rings. The molecule has 2 bridgehead atoms. The fraction of sp³-hybridized carbons (Fsp3) is 0.517. The van der Waals surface area contributed by atoms with Crippen molar-refractivity contribution in [2.24, 2.45) is 11.8 Å². The number of likely N-dealkylation sites (tertiary alicyclic amines) is 1. The smallest absolute Gasteiger partial charge is 0.385 e. The molecule has 1 heterocycles. The molecule has 2 aromatic rings. The lowest BCUT2D eigenvalue weighted by atomic mass is 9.68. The lowest BCUT2D eigenvalue weighted by Gasteiger charge is -2.45. The highest BCUT2D eigenvalue weighted by atomic mass is 19.4.